The fraction of sp³-hybridized carbons (Fsp3) is 0.571. The lowest BCUT2D eigenvalue weighted by molar-refractivity contribution is -0.139. The number of carbonyl (C=O) groups is 2. The Morgan fingerprint density at radius 1 is 1.23 bits per heavy atom. The number of hydrogen-bond donors (Lipinski definition) is 0. The molecule has 1 aromatic rings. The first-order chi connectivity index (χ1) is 12.5. The highest BCUT2D eigenvalue weighted by atomic mass is 16.2. The zero-order valence-corrected chi connectivity index (χ0v) is 16.1. The maximum absolute atomic E-state index is 13.0. The molecule has 0 atom stereocenters. The summed E-state index contributed by atoms with van der Waals surface area (Å²) in [6, 6.07) is 10.1. The number of aliphatic imine (C=N–C) groups is 1. The van der Waals surface area contributed by atoms with Gasteiger partial charge in [0.05, 0.1) is 0 Å². The molecule has 0 unspecified atom stereocenters. The molecule has 0 aromatic heterocycles. The maximum atomic E-state index is 13.0. The summed E-state index contributed by atoms with van der Waals surface area (Å²) in [5.74, 6) is 1.20. The highest BCUT2D eigenvalue weighted by Gasteiger charge is 2.49. The first kappa shape index (κ1) is 18.6. The average Bonchev–Trinajstić information content (AvgIpc) is 2.92. The number of amidine groups is 1. The van der Waals surface area contributed by atoms with Gasteiger partial charge in [-0.3, -0.25) is 14.6 Å². The van der Waals surface area contributed by atoms with Crippen molar-refractivity contribution in [3.05, 3.63) is 35.9 Å². The molecule has 1 aromatic carbocycles. The van der Waals surface area contributed by atoms with Gasteiger partial charge in [0.2, 0.25) is 5.91 Å². The predicted molar refractivity (Wildman–Crippen MR) is 103 cm³/mol. The van der Waals surface area contributed by atoms with Gasteiger partial charge in [-0.2, -0.15) is 0 Å². The van der Waals surface area contributed by atoms with Crippen molar-refractivity contribution in [3.63, 3.8) is 0 Å². The smallest absolute Gasteiger partial charge is 0.255 e. The topological polar surface area (TPSA) is 53.0 Å². The third-order valence-corrected chi connectivity index (χ3v) is 5.82. The van der Waals surface area contributed by atoms with Gasteiger partial charge in [-0.15, -0.1) is 0 Å². The minimum atomic E-state index is -0.604. The number of amides is 2. The molecule has 1 saturated carbocycles. The van der Waals surface area contributed by atoms with Crippen LogP contribution in [-0.2, 0) is 16.1 Å². The maximum Gasteiger partial charge on any atom is 0.255 e. The summed E-state index contributed by atoms with van der Waals surface area (Å²) in [4.78, 5) is 34.1. The molecule has 1 aliphatic heterocycles. The molecule has 140 valence electrons. The molecule has 0 radical (unpaired) electrons. The second-order valence-electron chi connectivity index (χ2n) is 7.39. The number of carbonyl (C=O) groups excluding carboxylic acids is 2. The number of benzene rings is 1. The molecule has 0 N–H and O–H groups in total. The lowest BCUT2D eigenvalue weighted by Crippen LogP contribution is -2.46. The molecule has 1 fully saturated rings. The van der Waals surface area contributed by atoms with Gasteiger partial charge in [0.15, 0.2) is 0 Å². The van der Waals surface area contributed by atoms with Crippen LogP contribution in [0, 0.1) is 5.92 Å². The molecule has 1 heterocycles. The van der Waals surface area contributed by atoms with Crippen LogP contribution in [0.5, 0.6) is 0 Å². The van der Waals surface area contributed by atoms with Crippen LogP contribution in [0.4, 0.5) is 0 Å². The lowest BCUT2D eigenvalue weighted by atomic mass is 9.76. The fourth-order valence-corrected chi connectivity index (χ4v) is 4.19. The average molecular weight is 355 g/mol. The summed E-state index contributed by atoms with van der Waals surface area (Å²) in [5, 5.41) is 0. The Kier molecular flexibility index (Phi) is 5.44. The van der Waals surface area contributed by atoms with Gasteiger partial charge in [0.25, 0.3) is 5.91 Å². The van der Waals surface area contributed by atoms with E-state index in [1.165, 1.54) is 0 Å². The van der Waals surface area contributed by atoms with Crippen LogP contribution >= 0.6 is 0 Å². The molecule has 1 spiro atoms. The Morgan fingerprint density at radius 3 is 2.42 bits per heavy atom. The number of likely N-dealkylation sites (N-methyl/N-ethyl adjacent to an activating group) is 1. The van der Waals surface area contributed by atoms with Crippen molar-refractivity contribution < 1.29 is 9.59 Å². The monoisotopic (exact) mass is 355 g/mol. The minimum absolute atomic E-state index is 0.00303. The number of nitrogens with zero attached hydrogens (tertiary/aromatic N) is 3. The molecular weight excluding hydrogens is 326 g/mol. The second-order valence-corrected chi connectivity index (χ2v) is 7.39. The Balaban J connectivity index is 1.65. The van der Waals surface area contributed by atoms with Crippen molar-refractivity contribution >= 4 is 17.6 Å². The molecule has 5 nitrogen and oxygen atoms in total. The highest BCUT2D eigenvalue weighted by Crippen LogP contribution is 2.40. The molecule has 2 aliphatic rings. The molecule has 2 amide bonds. The van der Waals surface area contributed by atoms with Crippen LogP contribution < -0.4 is 0 Å². The van der Waals surface area contributed by atoms with Gasteiger partial charge in [0.1, 0.15) is 11.4 Å². The van der Waals surface area contributed by atoms with E-state index >= 15 is 0 Å². The van der Waals surface area contributed by atoms with Gasteiger partial charge in [-0.1, -0.05) is 37.3 Å². The molecular formula is C21H29N3O2. The first-order valence-electron chi connectivity index (χ1n) is 9.70. The largest absolute Gasteiger partial charge is 0.338 e. The van der Waals surface area contributed by atoms with Crippen LogP contribution in [0.25, 0.3) is 0 Å². The van der Waals surface area contributed by atoms with Gasteiger partial charge in [0, 0.05) is 32.5 Å². The number of rotatable bonds is 5. The molecule has 0 bridgehead atoms. The molecule has 3 rings (SSSR count). The van der Waals surface area contributed by atoms with Gasteiger partial charge >= 0.3 is 0 Å². The highest BCUT2D eigenvalue weighted by molar-refractivity contribution is 6.08. The Hall–Kier alpha value is -2.17. The van der Waals surface area contributed by atoms with Crippen molar-refractivity contribution in [2.75, 3.05) is 13.6 Å². The minimum Gasteiger partial charge on any atom is -0.338 e. The summed E-state index contributed by atoms with van der Waals surface area (Å²) in [6.45, 7) is 5.41. The van der Waals surface area contributed by atoms with Crippen LogP contribution in [0.3, 0.4) is 0 Å². The van der Waals surface area contributed by atoms with Gasteiger partial charge < -0.3 is 9.80 Å². The van der Waals surface area contributed by atoms with E-state index in [1.54, 1.807) is 4.90 Å². The summed E-state index contributed by atoms with van der Waals surface area (Å²) in [7, 11) is 1.81. The predicted octanol–water partition coefficient (Wildman–Crippen LogP) is 3.24. The van der Waals surface area contributed by atoms with Crippen LogP contribution in [0.2, 0.25) is 0 Å². The van der Waals surface area contributed by atoms with Crippen molar-refractivity contribution in [3.8, 4) is 0 Å². The number of hydrogen-bond acceptors (Lipinski definition) is 3. The van der Waals surface area contributed by atoms with Crippen LogP contribution in [0.1, 0.15) is 51.5 Å². The third kappa shape index (κ3) is 3.39. The first-order valence-corrected chi connectivity index (χ1v) is 9.70. The van der Waals surface area contributed by atoms with E-state index in [0.29, 0.717) is 25.9 Å². The molecule has 5 heteroatoms. The van der Waals surface area contributed by atoms with Crippen molar-refractivity contribution in [1.82, 2.24) is 9.80 Å². The summed E-state index contributed by atoms with van der Waals surface area (Å²) < 4.78 is 0. The van der Waals surface area contributed by atoms with Crippen LogP contribution in [-0.4, -0.2) is 46.6 Å². The lowest BCUT2D eigenvalue weighted by Gasteiger charge is -2.35. The Labute approximate surface area is 156 Å². The summed E-state index contributed by atoms with van der Waals surface area (Å²) in [5.41, 5.74) is 0.549. The van der Waals surface area contributed by atoms with E-state index < -0.39 is 5.54 Å². The van der Waals surface area contributed by atoms with Crippen LogP contribution in [0.15, 0.2) is 35.3 Å². The van der Waals surface area contributed by atoms with Crippen molar-refractivity contribution in [1.29, 1.82) is 0 Å². The zero-order chi connectivity index (χ0) is 18.7. The normalized spacial score (nSPS) is 25.5. The molecule has 0 saturated heterocycles. The van der Waals surface area contributed by atoms with E-state index in [4.69, 9.17) is 4.99 Å². The Bertz CT molecular complexity index is 690. The molecule has 26 heavy (non-hydrogen) atoms. The van der Waals surface area contributed by atoms with E-state index in [-0.39, 0.29) is 17.7 Å². The standard InChI is InChI=1S/C21H29N3O2/c1-4-18-22-21(20(26)23(18)3)13-11-17(12-14-21)19(25)24(5-2)15-16-9-7-6-8-10-16/h6-10,17H,4-5,11-15H2,1-3H3. The Morgan fingerprint density at radius 2 is 1.88 bits per heavy atom. The zero-order valence-electron chi connectivity index (χ0n) is 16.1. The molecule has 1 aliphatic carbocycles. The van der Waals surface area contributed by atoms with Gasteiger partial charge in [-0.25, -0.2) is 0 Å². The summed E-state index contributed by atoms with van der Waals surface area (Å²) >= 11 is 0. The van der Waals surface area contributed by atoms with Crippen molar-refractivity contribution in [2.45, 2.75) is 58.0 Å². The SMILES string of the molecule is CCC1=NC2(CCC(C(=O)N(CC)Cc3ccccc3)CC2)C(=O)N1C. The van der Waals surface area contributed by atoms with E-state index in [9.17, 15) is 9.59 Å². The third-order valence-electron chi connectivity index (χ3n) is 5.82. The second kappa shape index (κ2) is 7.60. The van der Waals surface area contributed by atoms with Crippen molar-refractivity contribution in [2.24, 2.45) is 10.9 Å². The van der Waals surface area contributed by atoms with E-state index in [0.717, 1.165) is 30.7 Å². The van der Waals surface area contributed by atoms with E-state index in [1.807, 2.05) is 44.0 Å². The summed E-state index contributed by atoms with van der Waals surface area (Å²) in [6.07, 6.45) is 3.61. The fourth-order valence-electron chi connectivity index (χ4n) is 4.19. The van der Waals surface area contributed by atoms with E-state index in [2.05, 4.69) is 12.1 Å². The van der Waals surface area contributed by atoms with Gasteiger partial charge in [-0.05, 0) is 38.2 Å². The quantitative estimate of drug-likeness (QED) is 0.814.